The molecule has 0 radical (unpaired) electrons. The largest absolute Gasteiger partial charge is 0.497 e. The monoisotopic (exact) mass is 418 g/mol. The highest BCUT2D eigenvalue weighted by atomic mass is 19.1. The maximum absolute atomic E-state index is 14.1. The molecule has 156 valence electrons. The van der Waals surface area contributed by atoms with Crippen molar-refractivity contribution in [2.24, 2.45) is 4.99 Å². The first-order valence-corrected chi connectivity index (χ1v) is 9.44. The Kier molecular flexibility index (Phi) is 5.66. The number of amides is 1. The van der Waals surface area contributed by atoms with Gasteiger partial charge in [0.1, 0.15) is 16.9 Å². The first-order chi connectivity index (χ1) is 15.1. The lowest BCUT2D eigenvalue weighted by molar-refractivity contribution is 0.102. The number of benzene rings is 3. The minimum atomic E-state index is -0.561. The van der Waals surface area contributed by atoms with Gasteiger partial charge in [0.2, 0.25) is 5.55 Å². The molecule has 0 saturated heterocycles. The molecule has 0 aliphatic heterocycles. The van der Waals surface area contributed by atoms with E-state index >= 15 is 0 Å². The molecule has 1 amide bonds. The molecule has 4 aromatic rings. The van der Waals surface area contributed by atoms with E-state index in [1.165, 1.54) is 19.2 Å². The Balaban J connectivity index is 1.79. The van der Waals surface area contributed by atoms with Gasteiger partial charge >= 0.3 is 0 Å². The van der Waals surface area contributed by atoms with Gasteiger partial charge < -0.3 is 19.2 Å². The zero-order chi connectivity index (χ0) is 21.8. The summed E-state index contributed by atoms with van der Waals surface area (Å²) in [5.41, 5.74) is 1.70. The summed E-state index contributed by atoms with van der Waals surface area (Å²) in [5, 5.41) is 3.56. The van der Waals surface area contributed by atoms with E-state index in [2.05, 4.69) is 10.3 Å². The number of ether oxygens (including phenoxy) is 2. The van der Waals surface area contributed by atoms with Crippen LogP contribution < -0.4 is 20.3 Å². The molecular weight excluding hydrogens is 399 g/mol. The van der Waals surface area contributed by atoms with Crippen LogP contribution in [0, 0.1) is 5.82 Å². The van der Waals surface area contributed by atoms with Crippen molar-refractivity contribution in [1.29, 1.82) is 0 Å². The Labute approximate surface area is 177 Å². The zero-order valence-corrected chi connectivity index (χ0v) is 16.9. The average Bonchev–Trinajstić information content (AvgIpc) is 2.79. The summed E-state index contributed by atoms with van der Waals surface area (Å²) in [7, 11) is 2.95. The summed E-state index contributed by atoms with van der Waals surface area (Å²) >= 11 is 0. The van der Waals surface area contributed by atoms with E-state index in [1.807, 2.05) is 18.2 Å². The van der Waals surface area contributed by atoms with Crippen molar-refractivity contribution < 1.29 is 23.1 Å². The van der Waals surface area contributed by atoms with Gasteiger partial charge in [-0.2, -0.15) is 0 Å². The number of nitrogens with one attached hydrogen (secondary N) is 1. The number of nitrogens with zero attached hydrogens (tertiary/aromatic N) is 1. The van der Waals surface area contributed by atoms with E-state index in [4.69, 9.17) is 13.9 Å². The van der Waals surface area contributed by atoms with Crippen molar-refractivity contribution in [3.05, 3.63) is 89.7 Å². The summed E-state index contributed by atoms with van der Waals surface area (Å²) in [6.45, 7) is 0. The van der Waals surface area contributed by atoms with Gasteiger partial charge in [0.25, 0.3) is 5.91 Å². The van der Waals surface area contributed by atoms with E-state index in [0.717, 1.165) is 5.39 Å². The minimum absolute atomic E-state index is 0.0641. The second-order valence-electron chi connectivity index (χ2n) is 6.62. The van der Waals surface area contributed by atoms with Crippen LogP contribution in [0.4, 0.5) is 15.8 Å². The third-order valence-corrected chi connectivity index (χ3v) is 4.61. The average molecular weight is 418 g/mol. The predicted molar refractivity (Wildman–Crippen MR) is 115 cm³/mol. The summed E-state index contributed by atoms with van der Waals surface area (Å²) in [6.07, 6.45) is 0. The van der Waals surface area contributed by atoms with Crippen LogP contribution in [0.15, 0.2) is 82.2 Å². The molecule has 0 aliphatic rings. The van der Waals surface area contributed by atoms with E-state index in [-0.39, 0.29) is 22.6 Å². The quantitative estimate of drug-likeness (QED) is 0.491. The zero-order valence-electron chi connectivity index (χ0n) is 16.9. The van der Waals surface area contributed by atoms with Crippen LogP contribution in [0.25, 0.3) is 11.0 Å². The molecular formula is C24H19FN2O4. The number of fused-ring (bicyclic) bond motifs is 1. The lowest BCUT2D eigenvalue weighted by Crippen LogP contribution is -2.21. The second kappa shape index (κ2) is 8.71. The summed E-state index contributed by atoms with van der Waals surface area (Å²) in [5.74, 6) is -0.191. The van der Waals surface area contributed by atoms with Gasteiger partial charge in [-0.05, 0) is 48.5 Å². The van der Waals surface area contributed by atoms with Gasteiger partial charge in [-0.25, -0.2) is 9.38 Å². The van der Waals surface area contributed by atoms with Crippen LogP contribution in [-0.2, 0) is 0 Å². The van der Waals surface area contributed by atoms with Gasteiger partial charge in [0.15, 0.2) is 11.6 Å². The molecule has 31 heavy (non-hydrogen) atoms. The first kappa shape index (κ1) is 20.2. The molecule has 0 atom stereocenters. The number of methoxy groups -OCH3 is 2. The van der Waals surface area contributed by atoms with Crippen molar-refractivity contribution in [2.75, 3.05) is 19.5 Å². The maximum Gasteiger partial charge on any atom is 0.261 e. The number of anilines is 1. The number of rotatable bonds is 5. The van der Waals surface area contributed by atoms with Gasteiger partial charge in [-0.15, -0.1) is 0 Å². The molecule has 7 heteroatoms. The number of hydrogen-bond donors (Lipinski definition) is 1. The summed E-state index contributed by atoms with van der Waals surface area (Å²) < 4.78 is 30.1. The van der Waals surface area contributed by atoms with Crippen molar-refractivity contribution >= 4 is 28.3 Å². The van der Waals surface area contributed by atoms with E-state index in [9.17, 15) is 9.18 Å². The van der Waals surface area contributed by atoms with Gasteiger partial charge in [-0.1, -0.05) is 18.2 Å². The van der Waals surface area contributed by atoms with Gasteiger partial charge in [0, 0.05) is 17.1 Å². The van der Waals surface area contributed by atoms with Crippen LogP contribution in [-0.4, -0.2) is 20.1 Å². The van der Waals surface area contributed by atoms with Crippen LogP contribution in [0.5, 0.6) is 11.5 Å². The second-order valence-corrected chi connectivity index (χ2v) is 6.62. The van der Waals surface area contributed by atoms with Crippen molar-refractivity contribution in [3.8, 4) is 11.5 Å². The van der Waals surface area contributed by atoms with E-state index in [0.29, 0.717) is 17.0 Å². The highest BCUT2D eigenvalue weighted by Gasteiger charge is 2.14. The molecule has 0 aliphatic carbocycles. The molecule has 6 nitrogen and oxygen atoms in total. The fourth-order valence-electron chi connectivity index (χ4n) is 3.03. The summed E-state index contributed by atoms with van der Waals surface area (Å²) in [4.78, 5) is 17.4. The van der Waals surface area contributed by atoms with Crippen molar-refractivity contribution in [1.82, 2.24) is 0 Å². The van der Waals surface area contributed by atoms with Crippen molar-refractivity contribution in [2.45, 2.75) is 0 Å². The lowest BCUT2D eigenvalue weighted by atomic mass is 10.1. The fraction of sp³-hybridized carbons (Fsp3) is 0.0833. The molecule has 1 heterocycles. The highest BCUT2D eigenvalue weighted by Crippen LogP contribution is 2.23. The highest BCUT2D eigenvalue weighted by molar-refractivity contribution is 6.05. The molecule has 1 aromatic heterocycles. The van der Waals surface area contributed by atoms with Crippen LogP contribution in [0.3, 0.4) is 0 Å². The molecule has 4 rings (SSSR count). The van der Waals surface area contributed by atoms with Crippen LogP contribution in [0.2, 0.25) is 0 Å². The molecule has 0 saturated carbocycles. The van der Waals surface area contributed by atoms with Crippen molar-refractivity contribution in [3.63, 3.8) is 0 Å². The summed E-state index contributed by atoms with van der Waals surface area (Å²) in [6, 6.07) is 20.2. The third-order valence-electron chi connectivity index (χ3n) is 4.61. The predicted octanol–water partition coefficient (Wildman–Crippen LogP) is 5.07. The van der Waals surface area contributed by atoms with E-state index < -0.39 is 11.7 Å². The third kappa shape index (κ3) is 4.40. The molecule has 1 N–H and O–H groups in total. The SMILES string of the molecule is COc1ccc(NC(=O)c2cc3ccccc3oc2=Nc2ccc(OC)c(F)c2)cc1. The topological polar surface area (TPSA) is 73.1 Å². The minimum Gasteiger partial charge on any atom is -0.497 e. The number of carbonyl (C=O) groups excluding carboxylic acids is 1. The van der Waals surface area contributed by atoms with E-state index in [1.54, 1.807) is 49.6 Å². The number of halogens is 1. The molecule has 0 unspecified atom stereocenters. The Hall–Kier alpha value is -4.13. The Morgan fingerprint density at radius 3 is 2.45 bits per heavy atom. The number of hydrogen-bond acceptors (Lipinski definition) is 5. The van der Waals surface area contributed by atoms with Crippen LogP contribution >= 0.6 is 0 Å². The fourth-order valence-corrected chi connectivity index (χ4v) is 3.03. The van der Waals surface area contributed by atoms with Gasteiger partial charge in [0.05, 0.1) is 19.9 Å². The first-order valence-electron chi connectivity index (χ1n) is 9.44. The van der Waals surface area contributed by atoms with Gasteiger partial charge in [-0.3, -0.25) is 4.79 Å². The Morgan fingerprint density at radius 2 is 1.74 bits per heavy atom. The lowest BCUT2D eigenvalue weighted by Gasteiger charge is -2.08. The smallest absolute Gasteiger partial charge is 0.261 e. The Bertz CT molecular complexity index is 1310. The maximum atomic E-state index is 14.1. The van der Waals surface area contributed by atoms with Crippen LogP contribution in [0.1, 0.15) is 10.4 Å². The normalized spacial score (nSPS) is 11.4. The Morgan fingerprint density at radius 1 is 0.968 bits per heavy atom. The molecule has 0 fully saturated rings. The molecule has 0 spiro atoms. The number of carbonyl (C=O) groups is 1. The molecule has 0 bridgehead atoms. The number of para-hydroxylation sites is 1. The molecule has 3 aromatic carbocycles. The standard InChI is InChI=1S/C24H19FN2O4/c1-29-18-10-7-16(8-11-18)26-23(28)19-13-15-5-3-4-6-21(15)31-24(19)27-17-9-12-22(30-2)20(25)14-17/h3-14H,1-2H3,(H,26,28).